The third-order valence-corrected chi connectivity index (χ3v) is 9.42. The van der Waals surface area contributed by atoms with Gasteiger partial charge in [0.05, 0.1) is 19.3 Å². The molecule has 4 fully saturated rings. The van der Waals surface area contributed by atoms with E-state index in [9.17, 15) is 4.79 Å². The van der Waals surface area contributed by atoms with Gasteiger partial charge in [0.1, 0.15) is 5.52 Å². The van der Waals surface area contributed by atoms with Crippen molar-refractivity contribution in [3.8, 4) is 0 Å². The molecule has 2 unspecified atom stereocenters. The predicted molar refractivity (Wildman–Crippen MR) is 154 cm³/mol. The van der Waals surface area contributed by atoms with E-state index >= 15 is 0 Å². The molecule has 40 heavy (non-hydrogen) atoms. The molecule has 4 aliphatic rings. The molecule has 2 aliphatic heterocycles. The summed E-state index contributed by atoms with van der Waals surface area (Å²) < 4.78 is 8.36. The lowest BCUT2D eigenvalue weighted by molar-refractivity contribution is 0.0863. The maximum absolute atomic E-state index is 11.8. The summed E-state index contributed by atoms with van der Waals surface area (Å²) in [6, 6.07) is 0.541. The zero-order valence-corrected chi connectivity index (χ0v) is 24.5. The third-order valence-electron chi connectivity index (χ3n) is 9.42. The molecule has 0 radical (unpaired) electrons. The number of aromatic nitrogens is 4. The quantitative estimate of drug-likeness (QED) is 0.404. The average Bonchev–Trinajstić information content (AvgIpc) is 3.48. The second-order valence-electron chi connectivity index (χ2n) is 13.0. The number of nitrogens with one attached hydrogen (secondary N) is 3. The standard InChI is InChI=1S/C29H46N8O3/c1-17(2)14-22-16-39-13-12-36(22)28-33-25-23(37(28)15-20-10-8-18(3)9-11-20)24(30-19(4)21-6-5-7-21)31-26(32-25)27-34-29(38)40-35-27/h17-22,27,35H,5-16H2,1-4H3,(H,34,38)(H,30,31,32)/t18?,19-,20?,22?,27?/m1/s1. The fraction of sp³-hybridized carbons (Fsp3) is 0.793. The zero-order valence-electron chi connectivity index (χ0n) is 24.5. The number of hydrogen-bond acceptors (Lipinski definition) is 9. The molecule has 6 rings (SSSR count). The van der Waals surface area contributed by atoms with Gasteiger partial charge < -0.3 is 24.4 Å². The first kappa shape index (κ1) is 27.5. The van der Waals surface area contributed by atoms with E-state index in [0.717, 1.165) is 42.7 Å². The Morgan fingerprint density at radius 1 is 1.07 bits per heavy atom. The largest absolute Gasteiger partial charge is 0.427 e. The molecule has 3 atom stereocenters. The molecule has 220 valence electrons. The van der Waals surface area contributed by atoms with Gasteiger partial charge in [0.25, 0.3) is 0 Å². The van der Waals surface area contributed by atoms with E-state index in [2.05, 4.69) is 53.3 Å². The van der Waals surface area contributed by atoms with Crippen LogP contribution in [0.15, 0.2) is 0 Å². The number of amides is 1. The van der Waals surface area contributed by atoms with Crippen molar-refractivity contribution < 1.29 is 14.4 Å². The number of ether oxygens (including phenoxy) is 1. The Morgan fingerprint density at radius 3 is 2.55 bits per heavy atom. The van der Waals surface area contributed by atoms with Crippen molar-refractivity contribution in [3.63, 3.8) is 0 Å². The lowest BCUT2D eigenvalue weighted by atomic mass is 9.80. The van der Waals surface area contributed by atoms with E-state index in [0.29, 0.717) is 42.4 Å². The van der Waals surface area contributed by atoms with Crippen molar-refractivity contribution in [1.29, 1.82) is 0 Å². The Hall–Kier alpha value is -2.66. The molecule has 0 aromatic carbocycles. The number of carbonyl (C=O) groups is 1. The van der Waals surface area contributed by atoms with Gasteiger partial charge in [0, 0.05) is 19.1 Å². The van der Waals surface area contributed by atoms with Crippen LogP contribution in [-0.4, -0.2) is 57.5 Å². The van der Waals surface area contributed by atoms with Gasteiger partial charge in [-0.15, -0.1) is 5.48 Å². The summed E-state index contributed by atoms with van der Waals surface area (Å²) in [6.07, 6.45) is 8.65. The molecule has 2 aliphatic carbocycles. The number of hydroxylamine groups is 1. The van der Waals surface area contributed by atoms with Crippen LogP contribution in [0.5, 0.6) is 0 Å². The third kappa shape index (κ3) is 5.72. The summed E-state index contributed by atoms with van der Waals surface area (Å²) in [4.78, 5) is 34.4. The Bertz CT molecular complexity index is 1190. The lowest BCUT2D eigenvalue weighted by Gasteiger charge is -2.38. The predicted octanol–water partition coefficient (Wildman–Crippen LogP) is 4.75. The van der Waals surface area contributed by atoms with E-state index in [1.165, 1.54) is 44.9 Å². The molecule has 2 saturated carbocycles. The molecule has 4 heterocycles. The molecule has 2 aromatic heterocycles. The fourth-order valence-electron chi connectivity index (χ4n) is 6.77. The van der Waals surface area contributed by atoms with Crippen LogP contribution in [0.3, 0.4) is 0 Å². The minimum absolute atomic E-state index is 0.262. The summed E-state index contributed by atoms with van der Waals surface area (Å²) in [5.74, 6) is 4.78. The summed E-state index contributed by atoms with van der Waals surface area (Å²) in [5, 5.41) is 6.53. The number of nitrogens with zero attached hydrogens (tertiary/aromatic N) is 5. The van der Waals surface area contributed by atoms with Gasteiger partial charge in [-0.2, -0.15) is 4.98 Å². The number of imidazole rings is 1. The molecular weight excluding hydrogens is 508 g/mol. The second kappa shape index (κ2) is 11.7. The Balaban J connectivity index is 1.45. The monoisotopic (exact) mass is 554 g/mol. The van der Waals surface area contributed by atoms with Crippen molar-refractivity contribution in [2.75, 3.05) is 30.0 Å². The topological polar surface area (TPSA) is 118 Å². The summed E-state index contributed by atoms with van der Waals surface area (Å²) in [7, 11) is 0. The summed E-state index contributed by atoms with van der Waals surface area (Å²) >= 11 is 0. The number of rotatable bonds is 9. The molecule has 11 nitrogen and oxygen atoms in total. The van der Waals surface area contributed by atoms with Crippen molar-refractivity contribution in [2.45, 2.75) is 104 Å². The number of anilines is 2. The van der Waals surface area contributed by atoms with Crippen LogP contribution in [0.25, 0.3) is 11.2 Å². The van der Waals surface area contributed by atoms with Gasteiger partial charge in [-0.3, -0.25) is 5.32 Å². The van der Waals surface area contributed by atoms with Crippen LogP contribution in [-0.2, 0) is 16.1 Å². The van der Waals surface area contributed by atoms with Crippen molar-refractivity contribution >= 4 is 29.0 Å². The Kier molecular flexibility index (Phi) is 8.03. The van der Waals surface area contributed by atoms with E-state index in [-0.39, 0.29) is 12.1 Å². The van der Waals surface area contributed by atoms with Gasteiger partial charge in [0.2, 0.25) is 5.95 Å². The molecule has 2 aromatic rings. The first-order chi connectivity index (χ1) is 19.4. The van der Waals surface area contributed by atoms with Crippen LogP contribution in [0.2, 0.25) is 0 Å². The molecule has 1 amide bonds. The summed E-state index contributed by atoms with van der Waals surface area (Å²) in [5.41, 5.74) is 4.34. The van der Waals surface area contributed by atoms with Gasteiger partial charge >= 0.3 is 6.09 Å². The van der Waals surface area contributed by atoms with E-state index in [4.69, 9.17) is 24.5 Å². The molecule has 0 bridgehead atoms. The fourth-order valence-corrected chi connectivity index (χ4v) is 6.77. The minimum Gasteiger partial charge on any atom is -0.377 e. The second-order valence-corrected chi connectivity index (χ2v) is 13.0. The Labute approximate surface area is 237 Å². The SMILES string of the molecule is CC(C)CC1COCCN1c1nc2nc(C3NOC(=O)N3)nc(N[C@H](C)C3CCC3)c2n1CC1CCC(C)CC1. The number of carbonyl (C=O) groups excluding carboxylic acids is 1. The number of hydrogen-bond donors (Lipinski definition) is 3. The van der Waals surface area contributed by atoms with E-state index in [1.54, 1.807) is 0 Å². The first-order valence-electron chi connectivity index (χ1n) is 15.5. The van der Waals surface area contributed by atoms with E-state index in [1.807, 2.05) is 0 Å². The molecule has 0 spiro atoms. The number of morpholine rings is 1. The highest BCUT2D eigenvalue weighted by atomic mass is 16.7. The van der Waals surface area contributed by atoms with Crippen LogP contribution < -0.4 is 21.0 Å². The van der Waals surface area contributed by atoms with Gasteiger partial charge in [-0.1, -0.05) is 40.0 Å². The summed E-state index contributed by atoms with van der Waals surface area (Å²) in [6.45, 7) is 12.3. The molecule has 2 saturated heterocycles. The maximum Gasteiger partial charge on any atom is 0.427 e. The normalized spacial score (nSPS) is 28.4. The molecule has 3 N–H and O–H groups in total. The highest BCUT2D eigenvalue weighted by Gasteiger charge is 2.34. The first-order valence-corrected chi connectivity index (χ1v) is 15.5. The average molecular weight is 555 g/mol. The smallest absolute Gasteiger partial charge is 0.377 e. The molecular formula is C29H46N8O3. The van der Waals surface area contributed by atoms with Crippen molar-refractivity contribution in [2.24, 2.45) is 23.7 Å². The van der Waals surface area contributed by atoms with Crippen molar-refractivity contribution in [3.05, 3.63) is 5.82 Å². The van der Waals surface area contributed by atoms with Gasteiger partial charge in [0.15, 0.2) is 23.5 Å². The van der Waals surface area contributed by atoms with Crippen molar-refractivity contribution in [1.82, 2.24) is 30.3 Å². The van der Waals surface area contributed by atoms with Crippen LogP contribution >= 0.6 is 0 Å². The highest BCUT2D eigenvalue weighted by molar-refractivity contribution is 5.86. The van der Waals surface area contributed by atoms with Crippen LogP contribution in [0.1, 0.15) is 91.1 Å². The van der Waals surface area contributed by atoms with Gasteiger partial charge in [-0.05, 0) is 62.7 Å². The minimum atomic E-state index is -0.623. The Morgan fingerprint density at radius 2 is 1.88 bits per heavy atom. The molecule has 11 heteroatoms. The number of fused-ring (bicyclic) bond motifs is 1. The lowest BCUT2D eigenvalue weighted by Crippen LogP contribution is -2.47. The van der Waals surface area contributed by atoms with Crippen LogP contribution in [0, 0.1) is 23.7 Å². The highest BCUT2D eigenvalue weighted by Crippen LogP contribution is 2.37. The van der Waals surface area contributed by atoms with E-state index < -0.39 is 12.3 Å². The zero-order chi connectivity index (χ0) is 27.8. The van der Waals surface area contributed by atoms with Gasteiger partial charge in [-0.25, -0.2) is 14.8 Å². The van der Waals surface area contributed by atoms with Crippen LogP contribution in [0.4, 0.5) is 16.6 Å². The maximum atomic E-state index is 11.8.